The molecule has 0 spiro atoms. The maximum atomic E-state index is 13.0. The quantitative estimate of drug-likeness (QED) is 0.905. The summed E-state index contributed by atoms with van der Waals surface area (Å²) in [7, 11) is 0. The van der Waals surface area contributed by atoms with E-state index in [1.165, 1.54) is 41.1 Å². The number of aromatic nitrogens is 1. The Kier molecular flexibility index (Phi) is 3.85. The summed E-state index contributed by atoms with van der Waals surface area (Å²) in [5.41, 5.74) is 11.4. The Morgan fingerprint density at radius 3 is 2.76 bits per heavy atom. The summed E-state index contributed by atoms with van der Waals surface area (Å²) in [4.78, 5) is 0. The summed E-state index contributed by atoms with van der Waals surface area (Å²) in [6, 6.07) is 9.63. The molecule has 2 aromatic rings. The molecule has 3 rings (SSSR count). The molecule has 0 fully saturated rings. The second-order valence-corrected chi connectivity index (χ2v) is 6.24. The van der Waals surface area contributed by atoms with Crippen molar-refractivity contribution in [2.45, 2.75) is 51.6 Å². The van der Waals surface area contributed by atoms with Gasteiger partial charge in [-0.3, -0.25) is 0 Å². The number of rotatable bonds is 3. The van der Waals surface area contributed by atoms with Crippen molar-refractivity contribution in [2.24, 2.45) is 5.73 Å². The predicted molar refractivity (Wildman–Crippen MR) is 83.9 cm³/mol. The first-order valence-corrected chi connectivity index (χ1v) is 7.77. The van der Waals surface area contributed by atoms with Crippen LogP contribution in [0.15, 0.2) is 30.3 Å². The molecule has 21 heavy (non-hydrogen) atoms. The van der Waals surface area contributed by atoms with Crippen LogP contribution in [-0.4, -0.2) is 4.57 Å². The Bertz CT molecular complexity index is 627. The third-order valence-electron chi connectivity index (χ3n) is 4.58. The first-order chi connectivity index (χ1) is 10.1. The van der Waals surface area contributed by atoms with Gasteiger partial charge in [-0.2, -0.15) is 0 Å². The molecule has 0 aliphatic heterocycles. The lowest BCUT2D eigenvalue weighted by molar-refractivity contribution is 0.483. The van der Waals surface area contributed by atoms with Gasteiger partial charge in [-0.1, -0.05) is 12.1 Å². The van der Waals surface area contributed by atoms with Crippen LogP contribution in [0.4, 0.5) is 4.39 Å². The molecular weight excluding hydrogens is 263 g/mol. The van der Waals surface area contributed by atoms with Crippen molar-refractivity contribution in [3.8, 4) is 0 Å². The van der Waals surface area contributed by atoms with Gasteiger partial charge in [-0.05, 0) is 68.9 Å². The number of hydrogen-bond acceptors (Lipinski definition) is 1. The van der Waals surface area contributed by atoms with Crippen molar-refractivity contribution in [1.29, 1.82) is 0 Å². The summed E-state index contributed by atoms with van der Waals surface area (Å²) >= 11 is 0. The molecule has 0 amide bonds. The fourth-order valence-electron chi connectivity index (χ4n) is 3.63. The van der Waals surface area contributed by atoms with Crippen molar-refractivity contribution >= 4 is 0 Å². The average molecular weight is 286 g/mol. The van der Waals surface area contributed by atoms with Crippen LogP contribution < -0.4 is 5.73 Å². The number of fused-ring (bicyclic) bond motifs is 1. The van der Waals surface area contributed by atoms with E-state index in [1.807, 2.05) is 12.1 Å². The minimum atomic E-state index is -0.174. The highest BCUT2D eigenvalue weighted by molar-refractivity contribution is 5.33. The Balaban J connectivity index is 1.88. The zero-order valence-electron chi connectivity index (χ0n) is 12.8. The smallest absolute Gasteiger partial charge is 0.123 e. The van der Waals surface area contributed by atoms with Gasteiger partial charge in [-0.15, -0.1) is 0 Å². The fourth-order valence-corrected chi connectivity index (χ4v) is 3.63. The van der Waals surface area contributed by atoms with Crippen LogP contribution in [0, 0.1) is 12.7 Å². The highest BCUT2D eigenvalue weighted by Gasteiger charge is 2.24. The van der Waals surface area contributed by atoms with E-state index < -0.39 is 0 Å². The van der Waals surface area contributed by atoms with E-state index in [4.69, 9.17) is 5.73 Å². The molecule has 2 N–H and O–H groups in total. The van der Waals surface area contributed by atoms with Gasteiger partial charge >= 0.3 is 0 Å². The Morgan fingerprint density at radius 2 is 2.05 bits per heavy atom. The predicted octanol–water partition coefficient (Wildman–Crippen LogP) is 4.08. The van der Waals surface area contributed by atoms with E-state index in [1.54, 1.807) is 0 Å². The van der Waals surface area contributed by atoms with Crippen LogP contribution in [-0.2, 0) is 12.8 Å². The van der Waals surface area contributed by atoms with Gasteiger partial charge in [0.2, 0.25) is 0 Å². The summed E-state index contributed by atoms with van der Waals surface area (Å²) in [6.07, 6.45) is 4.28. The van der Waals surface area contributed by atoms with Gasteiger partial charge < -0.3 is 10.3 Å². The fraction of sp³-hybridized carbons (Fsp3) is 0.444. The standard InChI is InChI=1S/C18H23FN2/c1-12(10-14-6-8-15(19)9-7-14)21-13(2)11-16-17(20)4-3-5-18(16)21/h6-9,11-12,17H,3-5,10,20H2,1-2H3. The van der Waals surface area contributed by atoms with Crippen LogP contribution >= 0.6 is 0 Å². The van der Waals surface area contributed by atoms with Gasteiger partial charge in [0.25, 0.3) is 0 Å². The first kappa shape index (κ1) is 14.3. The molecule has 2 atom stereocenters. The molecule has 2 nitrogen and oxygen atoms in total. The zero-order valence-corrected chi connectivity index (χ0v) is 12.8. The lowest BCUT2D eigenvalue weighted by Crippen LogP contribution is -2.20. The number of nitrogens with zero attached hydrogens (tertiary/aromatic N) is 1. The second kappa shape index (κ2) is 5.64. The van der Waals surface area contributed by atoms with E-state index in [2.05, 4.69) is 24.5 Å². The van der Waals surface area contributed by atoms with Crippen molar-refractivity contribution < 1.29 is 4.39 Å². The molecule has 1 aliphatic rings. The molecule has 0 bridgehead atoms. The lowest BCUT2D eigenvalue weighted by atomic mass is 9.93. The van der Waals surface area contributed by atoms with Crippen LogP contribution in [0.3, 0.4) is 0 Å². The van der Waals surface area contributed by atoms with Crippen molar-refractivity contribution in [1.82, 2.24) is 4.57 Å². The number of halogens is 1. The maximum Gasteiger partial charge on any atom is 0.123 e. The van der Waals surface area contributed by atoms with E-state index in [0.29, 0.717) is 6.04 Å². The largest absolute Gasteiger partial charge is 0.345 e. The summed E-state index contributed by atoms with van der Waals surface area (Å²) in [5.74, 6) is -0.174. The molecular formula is C18H23FN2. The van der Waals surface area contributed by atoms with Crippen LogP contribution in [0.5, 0.6) is 0 Å². The third kappa shape index (κ3) is 2.75. The van der Waals surface area contributed by atoms with Crippen molar-refractivity contribution in [3.05, 3.63) is 58.7 Å². The lowest BCUT2D eigenvalue weighted by Gasteiger charge is -2.25. The first-order valence-electron chi connectivity index (χ1n) is 7.77. The normalized spacial score (nSPS) is 19.3. The Labute approximate surface area is 125 Å². The Hall–Kier alpha value is -1.61. The highest BCUT2D eigenvalue weighted by Crippen LogP contribution is 2.33. The third-order valence-corrected chi connectivity index (χ3v) is 4.58. The van der Waals surface area contributed by atoms with Gasteiger partial charge in [-0.25, -0.2) is 4.39 Å². The molecule has 112 valence electrons. The van der Waals surface area contributed by atoms with E-state index in [0.717, 1.165) is 19.3 Å². The number of hydrogen-bond donors (Lipinski definition) is 1. The van der Waals surface area contributed by atoms with Gasteiger partial charge in [0.05, 0.1) is 0 Å². The molecule has 0 radical (unpaired) electrons. The number of nitrogens with two attached hydrogens (primary N) is 1. The van der Waals surface area contributed by atoms with Crippen LogP contribution in [0.2, 0.25) is 0 Å². The highest BCUT2D eigenvalue weighted by atomic mass is 19.1. The summed E-state index contributed by atoms with van der Waals surface area (Å²) in [5, 5.41) is 0. The van der Waals surface area contributed by atoms with E-state index in [-0.39, 0.29) is 11.9 Å². The molecule has 0 saturated carbocycles. The summed E-state index contributed by atoms with van der Waals surface area (Å²) in [6.45, 7) is 4.39. The second-order valence-electron chi connectivity index (χ2n) is 6.24. The molecule has 1 aromatic carbocycles. The maximum absolute atomic E-state index is 13.0. The van der Waals surface area contributed by atoms with Crippen molar-refractivity contribution in [2.75, 3.05) is 0 Å². The monoisotopic (exact) mass is 286 g/mol. The van der Waals surface area contributed by atoms with Crippen LogP contribution in [0.1, 0.15) is 54.4 Å². The average Bonchev–Trinajstić information content (AvgIpc) is 2.79. The number of benzene rings is 1. The molecule has 1 heterocycles. The number of aryl methyl sites for hydroxylation is 1. The Morgan fingerprint density at radius 1 is 1.33 bits per heavy atom. The zero-order chi connectivity index (χ0) is 15.0. The molecule has 0 saturated heterocycles. The summed E-state index contributed by atoms with van der Waals surface area (Å²) < 4.78 is 15.4. The minimum Gasteiger partial charge on any atom is -0.345 e. The molecule has 2 unspecified atom stereocenters. The SMILES string of the molecule is Cc1cc2c(n1C(C)Cc1ccc(F)cc1)CCCC2N. The van der Waals surface area contributed by atoms with E-state index >= 15 is 0 Å². The van der Waals surface area contributed by atoms with Crippen LogP contribution in [0.25, 0.3) is 0 Å². The molecule has 1 aromatic heterocycles. The molecule has 3 heteroatoms. The van der Waals surface area contributed by atoms with Gasteiger partial charge in [0.1, 0.15) is 5.82 Å². The minimum absolute atomic E-state index is 0.174. The molecule has 1 aliphatic carbocycles. The van der Waals surface area contributed by atoms with Gasteiger partial charge in [0.15, 0.2) is 0 Å². The van der Waals surface area contributed by atoms with Gasteiger partial charge in [0, 0.05) is 23.5 Å². The van der Waals surface area contributed by atoms with Crippen molar-refractivity contribution in [3.63, 3.8) is 0 Å². The van der Waals surface area contributed by atoms with E-state index in [9.17, 15) is 4.39 Å². The topological polar surface area (TPSA) is 30.9 Å².